The van der Waals surface area contributed by atoms with Gasteiger partial charge in [0, 0.05) is 6.42 Å². The van der Waals surface area contributed by atoms with Gasteiger partial charge in [0.05, 0.1) is 0 Å². The summed E-state index contributed by atoms with van der Waals surface area (Å²) in [6, 6.07) is -1.52. The van der Waals surface area contributed by atoms with Gasteiger partial charge in [-0.15, -0.1) is 0 Å². The molecule has 0 saturated carbocycles. The Labute approximate surface area is 98.3 Å². The van der Waals surface area contributed by atoms with E-state index >= 15 is 0 Å². The molecule has 1 amide bonds. The highest BCUT2D eigenvalue weighted by Crippen LogP contribution is 2.13. The number of carboxylic acid groups (broad SMARTS) is 1. The zero-order valence-corrected chi connectivity index (χ0v) is 9.51. The molecule has 7 nitrogen and oxygen atoms in total. The monoisotopic (exact) mass is 244 g/mol. The fourth-order valence-corrected chi connectivity index (χ4v) is 1.47. The minimum Gasteiger partial charge on any atom is -0.480 e. The normalized spacial score (nSPS) is 24.5. The minimum atomic E-state index is -1.08. The Kier molecular flexibility index (Phi) is 4.45. The number of aliphatic carboxylic acids is 1. The van der Waals surface area contributed by atoms with Crippen molar-refractivity contribution in [1.29, 1.82) is 0 Å². The number of ether oxygens (including phenoxy) is 1. The molecule has 0 aromatic heterocycles. The third kappa shape index (κ3) is 3.70. The molecular formula is C10H16N2O5. The second kappa shape index (κ2) is 5.62. The zero-order valence-electron chi connectivity index (χ0n) is 9.51. The van der Waals surface area contributed by atoms with Crippen molar-refractivity contribution in [1.82, 2.24) is 5.32 Å². The molecule has 1 saturated heterocycles. The van der Waals surface area contributed by atoms with Gasteiger partial charge in [-0.3, -0.25) is 9.59 Å². The lowest BCUT2D eigenvalue weighted by Crippen LogP contribution is -2.58. The van der Waals surface area contributed by atoms with Crippen molar-refractivity contribution < 1.29 is 24.2 Å². The van der Waals surface area contributed by atoms with Crippen molar-refractivity contribution in [3.8, 4) is 0 Å². The van der Waals surface area contributed by atoms with E-state index in [1.54, 1.807) is 6.92 Å². The third-order valence-corrected chi connectivity index (χ3v) is 2.58. The maximum Gasteiger partial charge on any atom is 0.332 e. The van der Waals surface area contributed by atoms with Gasteiger partial charge in [-0.2, -0.15) is 0 Å². The summed E-state index contributed by atoms with van der Waals surface area (Å²) in [6.45, 7) is 1.69. The van der Waals surface area contributed by atoms with E-state index in [1.807, 2.05) is 0 Å². The lowest BCUT2D eigenvalue weighted by Gasteiger charge is -2.32. The van der Waals surface area contributed by atoms with Gasteiger partial charge in [0.1, 0.15) is 12.1 Å². The highest BCUT2D eigenvalue weighted by molar-refractivity contribution is 5.88. The molecule has 0 aromatic carbocycles. The lowest BCUT2D eigenvalue weighted by atomic mass is 10.1. The predicted molar refractivity (Wildman–Crippen MR) is 56.9 cm³/mol. The topological polar surface area (TPSA) is 119 Å². The summed E-state index contributed by atoms with van der Waals surface area (Å²) in [4.78, 5) is 32.7. The first-order chi connectivity index (χ1) is 7.91. The first kappa shape index (κ1) is 13.4. The van der Waals surface area contributed by atoms with Crippen LogP contribution in [0.4, 0.5) is 0 Å². The molecule has 96 valence electrons. The Morgan fingerprint density at radius 3 is 2.71 bits per heavy atom. The summed E-state index contributed by atoms with van der Waals surface area (Å²) in [5.74, 6) is -1.81. The highest BCUT2D eigenvalue weighted by Gasteiger charge is 2.39. The molecule has 0 radical (unpaired) electrons. The number of amides is 1. The molecular weight excluding hydrogens is 228 g/mol. The molecule has 1 rings (SSSR count). The van der Waals surface area contributed by atoms with E-state index in [9.17, 15) is 14.4 Å². The number of carbonyl (C=O) groups excluding carboxylic acids is 2. The Hall–Kier alpha value is -1.63. The molecule has 0 aromatic rings. The van der Waals surface area contributed by atoms with Gasteiger partial charge in [-0.25, -0.2) is 4.79 Å². The smallest absolute Gasteiger partial charge is 0.332 e. The lowest BCUT2D eigenvalue weighted by molar-refractivity contribution is -0.176. The van der Waals surface area contributed by atoms with Crippen LogP contribution in [0.5, 0.6) is 0 Å². The van der Waals surface area contributed by atoms with E-state index in [2.05, 4.69) is 10.1 Å². The van der Waals surface area contributed by atoms with Crippen LogP contribution < -0.4 is 11.1 Å². The number of carboxylic acids is 1. The van der Waals surface area contributed by atoms with Gasteiger partial charge in [-0.05, 0) is 19.8 Å². The molecule has 1 fully saturated rings. The molecule has 3 atom stereocenters. The van der Waals surface area contributed by atoms with Crippen molar-refractivity contribution in [3.05, 3.63) is 0 Å². The number of esters is 1. The summed E-state index contributed by atoms with van der Waals surface area (Å²) in [7, 11) is 0. The summed E-state index contributed by atoms with van der Waals surface area (Å²) in [5, 5.41) is 11.0. The van der Waals surface area contributed by atoms with Gasteiger partial charge < -0.3 is 20.9 Å². The van der Waals surface area contributed by atoms with Gasteiger partial charge >= 0.3 is 11.9 Å². The van der Waals surface area contributed by atoms with Gasteiger partial charge in [0.25, 0.3) is 0 Å². The van der Waals surface area contributed by atoms with Crippen LogP contribution in [0.2, 0.25) is 0 Å². The Bertz CT molecular complexity index is 331. The molecule has 0 unspecified atom stereocenters. The first-order valence-corrected chi connectivity index (χ1v) is 5.40. The highest BCUT2D eigenvalue weighted by atomic mass is 16.6. The first-order valence-electron chi connectivity index (χ1n) is 5.40. The van der Waals surface area contributed by atoms with Crippen molar-refractivity contribution in [2.75, 3.05) is 0 Å². The number of hydrogen-bond donors (Lipinski definition) is 3. The number of nitrogens with one attached hydrogen (secondary N) is 1. The second-order valence-corrected chi connectivity index (χ2v) is 4.02. The summed E-state index contributed by atoms with van der Waals surface area (Å²) >= 11 is 0. The van der Waals surface area contributed by atoms with E-state index < -0.39 is 24.0 Å². The van der Waals surface area contributed by atoms with Crippen molar-refractivity contribution in [3.63, 3.8) is 0 Å². The van der Waals surface area contributed by atoms with Gasteiger partial charge in [0.2, 0.25) is 5.91 Å². The van der Waals surface area contributed by atoms with E-state index in [0.29, 0.717) is 6.42 Å². The maximum atomic E-state index is 11.4. The van der Waals surface area contributed by atoms with Crippen LogP contribution in [0.15, 0.2) is 0 Å². The molecule has 4 N–H and O–H groups in total. The zero-order chi connectivity index (χ0) is 13.0. The molecule has 0 bridgehead atoms. The largest absolute Gasteiger partial charge is 0.480 e. The van der Waals surface area contributed by atoms with Gasteiger partial charge in [-0.1, -0.05) is 0 Å². The number of rotatable bonds is 6. The Morgan fingerprint density at radius 1 is 1.59 bits per heavy atom. The van der Waals surface area contributed by atoms with Crippen molar-refractivity contribution in [2.45, 2.75) is 44.4 Å². The third-order valence-electron chi connectivity index (χ3n) is 2.58. The van der Waals surface area contributed by atoms with Crippen LogP contribution in [0.1, 0.15) is 26.2 Å². The number of cyclic esters (lactones) is 1. The number of hydrogen-bond acceptors (Lipinski definition) is 5. The fourth-order valence-electron chi connectivity index (χ4n) is 1.47. The summed E-state index contributed by atoms with van der Waals surface area (Å²) < 4.78 is 4.68. The Balaban J connectivity index is 2.17. The fraction of sp³-hybridized carbons (Fsp3) is 0.700. The quantitative estimate of drug-likeness (QED) is 0.515. The Morgan fingerprint density at radius 2 is 2.24 bits per heavy atom. The van der Waals surface area contributed by atoms with Crippen LogP contribution in [0, 0.1) is 0 Å². The predicted octanol–water partition coefficient (Wildman–Crippen LogP) is -1.00. The molecule has 0 aliphatic carbocycles. The standard InChI is InChI=1S/C10H16N2O5/c1-5-8(10(16)17-5)12-7(13)4-2-3-6(11)9(14)15/h5-6,8H,2-4,11H2,1H3,(H,12,13)(H,14,15)/t5-,6+,8+/m1/s1. The van der Waals surface area contributed by atoms with Crippen LogP contribution in [0.3, 0.4) is 0 Å². The summed E-state index contributed by atoms with van der Waals surface area (Å²) in [5.41, 5.74) is 5.28. The van der Waals surface area contributed by atoms with Crippen molar-refractivity contribution >= 4 is 17.8 Å². The molecule has 1 aliphatic rings. The molecule has 1 heterocycles. The van der Waals surface area contributed by atoms with Crippen molar-refractivity contribution in [2.24, 2.45) is 5.73 Å². The maximum absolute atomic E-state index is 11.4. The van der Waals surface area contributed by atoms with Crippen LogP contribution in [-0.2, 0) is 19.1 Å². The average molecular weight is 244 g/mol. The molecule has 7 heteroatoms. The van der Waals surface area contributed by atoms with E-state index in [0.717, 1.165) is 0 Å². The summed E-state index contributed by atoms with van der Waals surface area (Å²) in [6.07, 6.45) is 0.452. The van der Waals surface area contributed by atoms with E-state index in [1.165, 1.54) is 0 Å². The van der Waals surface area contributed by atoms with Crippen LogP contribution >= 0.6 is 0 Å². The number of nitrogens with two attached hydrogens (primary N) is 1. The SMILES string of the molecule is C[C@H]1OC(=O)[C@H]1NC(=O)CCC[C@H](N)C(=O)O. The van der Waals surface area contributed by atoms with Crippen LogP contribution in [-0.4, -0.2) is 41.1 Å². The van der Waals surface area contributed by atoms with Crippen LogP contribution in [0.25, 0.3) is 0 Å². The molecule has 17 heavy (non-hydrogen) atoms. The van der Waals surface area contributed by atoms with E-state index in [-0.39, 0.29) is 24.9 Å². The number of carbonyl (C=O) groups is 3. The second-order valence-electron chi connectivity index (χ2n) is 4.02. The minimum absolute atomic E-state index is 0.150. The van der Waals surface area contributed by atoms with Gasteiger partial charge in [0.15, 0.2) is 6.04 Å². The van der Waals surface area contributed by atoms with E-state index in [4.69, 9.17) is 10.8 Å². The molecule has 1 aliphatic heterocycles. The average Bonchev–Trinajstić information content (AvgIpc) is 2.26. The molecule has 0 spiro atoms.